The number of nitrogens with one attached hydrogen (secondary N) is 1. The number of carbonyl (C=O) groups is 1. The fourth-order valence-electron chi connectivity index (χ4n) is 2.67. The predicted octanol–water partition coefficient (Wildman–Crippen LogP) is 1.86. The van der Waals surface area contributed by atoms with Gasteiger partial charge < -0.3 is 26.0 Å². The first kappa shape index (κ1) is 19.8. The molecule has 0 aliphatic rings. The van der Waals surface area contributed by atoms with E-state index in [1.54, 1.807) is 31.2 Å². The van der Waals surface area contributed by atoms with Gasteiger partial charge in [0.2, 0.25) is 0 Å². The predicted molar refractivity (Wildman–Crippen MR) is 101 cm³/mol. The van der Waals surface area contributed by atoms with E-state index < -0.39 is 30.8 Å². The number of para-hydroxylation sites is 1. The van der Waals surface area contributed by atoms with Gasteiger partial charge in [0.25, 0.3) is 5.91 Å². The normalized spacial score (nSPS) is 14.3. The van der Waals surface area contributed by atoms with Gasteiger partial charge in [0.1, 0.15) is 11.9 Å². The number of aryl methyl sites for hydroxylation is 2. The van der Waals surface area contributed by atoms with Crippen molar-refractivity contribution in [3.63, 3.8) is 0 Å². The third-order valence-electron chi connectivity index (χ3n) is 4.26. The van der Waals surface area contributed by atoms with Gasteiger partial charge in [-0.2, -0.15) is 0 Å². The molecule has 2 aromatic rings. The quantitative estimate of drug-likeness (QED) is 0.566. The molecule has 0 aliphatic carbocycles. The number of hydrogen-bond donors (Lipinski definition) is 4. The summed E-state index contributed by atoms with van der Waals surface area (Å²) in [6.07, 6.45) is -1.83. The zero-order valence-corrected chi connectivity index (χ0v) is 15.3. The molecule has 5 N–H and O–H groups in total. The number of nitrogen functional groups attached to an aromatic ring is 1. The van der Waals surface area contributed by atoms with E-state index in [9.17, 15) is 15.0 Å². The number of nitrogens with two attached hydrogens (primary N) is 1. The Kier molecular flexibility index (Phi) is 6.60. The lowest BCUT2D eigenvalue weighted by molar-refractivity contribution is -0.129. The van der Waals surface area contributed by atoms with Crippen molar-refractivity contribution in [3.05, 3.63) is 59.2 Å². The van der Waals surface area contributed by atoms with Crippen LogP contribution in [-0.2, 0) is 4.79 Å². The second-order valence-corrected chi connectivity index (χ2v) is 6.39. The third-order valence-corrected chi connectivity index (χ3v) is 4.26. The lowest BCUT2D eigenvalue weighted by Crippen LogP contribution is -2.47. The summed E-state index contributed by atoms with van der Waals surface area (Å²) >= 11 is 0. The van der Waals surface area contributed by atoms with Crippen LogP contribution >= 0.6 is 0 Å². The zero-order valence-electron chi connectivity index (χ0n) is 15.3. The Morgan fingerprint density at radius 2 is 1.73 bits per heavy atom. The van der Waals surface area contributed by atoms with Crippen molar-refractivity contribution in [1.82, 2.24) is 5.32 Å². The molecule has 3 unspecified atom stereocenters. The molecule has 0 radical (unpaired) electrons. The van der Waals surface area contributed by atoms with E-state index in [1.807, 2.05) is 32.0 Å². The molecule has 0 fully saturated rings. The highest BCUT2D eigenvalue weighted by molar-refractivity contribution is 5.81. The molecule has 1 amide bonds. The van der Waals surface area contributed by atoms with Crippen molar-refractivity contribution in [1.29, 1.82) is 0 Å². The average molecular weight is 358 g/mol. The van der Waals surface area contributed by atoms with Crippen LogP contribution in [0.25, 0.3) is 0 Å². The van der Waals surface area contributed by atoms with Gasteiger partial charge in [0.15, 0.2) is 6.10 Å². The van der Waals surface area contributed by atoms with Gasteiger partial charge in [0.05, 0.1) is 12.6 Å². The summed E-state index contributed by atoms with van der Waals surface area (Å²) in [5.74, 6) is 0.246. The Labute approximate surface area is 153 Å². The van der Waals surface area contributed by atoms with Gasteiger partial charge in [-0.15, -0.1) is 0 Å². The Bertz CT molecular complexity index is 726. The summed E-state index contributed by atoms with van der Waals surface area (Å²) in [7, 11) is 0. The Balaban J connectivity index is 2.04. The molecule has 2 aromatic carbocycles. The van der Waals surface area contributed by atoms with E-state index in [-0.39, 0.29) is 0 Å². The third kappa shape index (κ3) is 4.74. The molecule has 6 heteroatoms. The lowest BCUT2D eigenvalue weighted by atomic mass is 10.0. The molecular formula is C20H26N2O4. The minimum atomic E-state index is -1.06. The number of rotatable bonds is 7. The van der Waals surface area contributed by atoms with Crippen LogP contribution in [0.1, 0.15) is 29.7 Å². The smallest absolute Gasteiger partial charge is 0.261 e. The minimum Gasteiger partial charge on any atom is -0.480 e. The number of anilines is 1. The maximum Gasteiger partial charge on any atom is 0.261 e. The fraction of sp³-hybridized carbons (Fsp3) is 0.350. The van der Waals surface area contributed by atoms with Crippen LogP contribution in [0, 0.1) is 13.8 Å². The van der Waals surface area contributed by atoms with Gasteiger partial charge in [-0.05, 0) is 49.6 Å². The summed E-state index contributed by atoms with van der Waals surface area (Å²) in [5.41, 5.74) is 8.63. The van der Waals surface area contributed by atoms with E-state index in [4.69, 9.17) is 10.5 Å². The van der Waals surface area contributed by atoms with Crippen LogP contribution < -0.4 is 15.8 Å². The number of benzene rings is 2. The highest BCUT2D eigenvalue weighted by atomic mass is 16.5. The van der Waals surface area contributed by atoms with E-state index in [0.717, 1.165) is 11.1 Å². The van der Waals surface area contributed by atoms with Crippen molar-refractivity contribution in [2.45, 2.75) is 39.0 Å². The van der Waals surface area contributed by atoms with Crippen LogP contribution in [0.2, 0.25) is 0 Å². The molecular weight excluding hydrogens is 332 g/mol. The highest BCUT2D eigenvalue weighted by Crippen LogP contribution is 2.24. The summed E-state index contributed by atoms with van der Waals surface area (Å²) in [5, 5.41) is 22.6. The first-order chi connectivity index (χ1) is 12.3. The number of aliphatic hydroxyl groups excluding tert-OH is 2. The second kappa shape index (κ2) is 8.69. The molecule has 0 aliphatic heterocycles. The fourth-order valence-corrected chi connectivity index (χ4v) is 2.67. The summed E-state index contributed by atoms with van der Waals surface area (Å²) in [4.78, 5) is 12.5. The SMILES string of the molecule is Cc1cccc(C)c1OC(C)C(=O)NC(CO)C(O)c1ccc(N)cc1. The standard InChI is InChI=1S/C20H26N2O4/c1-12-5-4-6-13(2)19(12)26-14(3)20(25)22-17(11-23)18(24)15-7-9-16(21)10-8-15/h4-10,14,17-18,23-24H,11,21H2,1-3H3,(H,22,25). The van der Waals surface area contributed by atoms with Crippen molar-refractivity contribution < 1.29 is 19.7 Å². The Morgan fingerprint density at radius 1 is 1.15 bits per heavy atom. The van der Waals surface area contributed by atoms with Gasteiger partial charge in [-0.25, -0.2) is 0 Å². The molecule has 6 nitrogen and oxygen atoms in total. The van der Waals surface area contributed by atoms with Gasteiger partial charge >= 0.3 is 0 Å². The molecule has 0 spiro atoms. The maximum absolute atomic E-state index is 12.5. The molecule has 0 saturated heterocycles. The summed E-state index contributed by atoms with van der Waals surface area (Å²) < 4.78 is 5.79. The van der Waals surface area contributed by atoms with Crippen LogP contribution in [0.4, 0.5) is 5.69 Å². The molecule has 140 valence electrons. The van der Waals surface area contributed by atoms with Gasteiger partial charge in [-0.3, -0.25) is 4.79 Å². The number of ether oxygens (including phenoxy) is 1. The molecule has 0 heterocycles. The Morgan fingerprint density at radius 3 is 2.27 bits per heavy atom. The molecule has 0 saturated carbocycles. The van der Waals surface area contributed by atoms with E-state index in [1.165, 1.54) is 0 Å². The van der Waals surface area contributed by atoms with Crippen molar-refractivity contribution in [2.75, 3.05) is 12.3 Å². The number of aliphatic hydroxyl groups is 2. The van der Waals surface area contributed by atoms with Crippen molar-refractivity contribution in [3.8, 4) is 5.75 Å². The number of hydrogen-bond acceptors (Lipinski definition) is 5. The number of carbonyl (C=O) groups excluding carboxylic acids is 1. The molecule has 0 aromatic heterocycles. The summed E-state index contributed by atoms with van der Waals surface area (Å²) in [6, 6.07) is 11.5. The second-order valence-electron chi connectivity index (χ2n) is 6.39. The molecule has 26 heavy (non-hydrogen) atoms. The minimum absolute atomic E-state index is 0.409. The zero-order chi connectivity index (χ0) is 19.3. The van der Waals surface area contributed by atoms with Crippen LogP contribution in [0.3, 0.4) is 0 Å². The van der Waals surface area contributed by atoms with Crippen LogP contribution in [0.15, 0.2) is 42.5 Å². The topological polar surface area (TPSA) is 105 Å². The number of amides is 1. The molecule has 3 atom stereocenters. The first-order valence-electron chi connectivity index (χ1n) is 8.51. The highest BCUT2D eigenvalue weighted by Gasteiger charge is 2.25. The molecule has 2 rings (SSSR count). The largest absolute Gasteiger partial charge is 0.480 e. The van der Waals surface area contributed by atoms with E-state index in [0.29, 0.717) is 17.0 Å². The van der Waals surface area contributed by atoms with Crippen molar-refractivity contribution >= 4 is 11.6 Å². The average Bonchev–Trinajstić information content (AvgIpc) is 2.62. The van der Waals surface area contributed by atoms with Gasteiger partial charge in [0, 0.05) is 5.69 Å². The Hall–Kier alpha value is -2.57. The van der Waals surface area contributed by atoms with Crippen LogP contribution in [-0.4, -0.2) is 34.9 Å². The molecule has 0 bridgehead atoms. The first-order valence-corrected chi connectivity index (χ1v) is 8.51. The van der Waals surface area contributed by atoms with E-state index >= 15 is 0 Å². The van der Waals surface area contributed by atoms with Gasteiger partial charge in [-0.1, -0.05) is 30.3 Å². The monoisotopic (exact) mass is 358 g/mol. The van der Waals surface area contributed by atoms with Crippen molar-refractivity contribution in [2.24, 2.45) is 0 Å². The maximum atomic E-state index is 12.5. The van der Waals surface area contributed by atoms with E-state index in [2.05, 4.69) is 5.32 Å². The van der Waals surface area contributed by atoms with Crippen LogP contribution in [0.5, 0.6) is 5.75 Å². The lowest BCUT2D eigenvalue weighted by Gasteiger charge is -2.25. The summed E-state index contributed by atoms with van der Waals surface area (Å²) in [6.45, 7) is 5.04.